The van der Waals surface area contributed by atoms with E-state index in [0.29, 0.717) is 6.04 Å². The molecule has 0 aliphatic rings. The highest BCUT2D eigenvalue weighted by Gasteiger charge is 2.11. The Hall–Kier alpha value is -0.900. The molecule has 1 unspecified atom stereocenters. The minimum Gasteiger partial charge on any atom is -0.312 e. The standard InChI is InChI=1S/C17H31N3/c1-6-15-8-10-16(11-9-15)17(18-2)14-20(5)13-7-12-19(3)4/h8-11,17-18H,6-7,12-14H2,1-5H3. The van der Waals surface area contributed by atoms with E-state index in [2.05, 4.69) is 67.4 Å². The fourth-order valence-corrected chi connectivity index (χ4v) is 2.41. The maximum absolute atomic E-state index is 3.43. The van der Waals surface area contributed by atoms with Crippen LogP contribution in [0.5, 0.6) is 0 Å². The predicted octanol–water partition coefficient (Wildman–Crippen LogP) is 2.39. The van der Waals surface area contributed by atoms with E-state index < -0.39 is 0 Å². The molecule has 0 aliphatic heterocycles. The Morgan fingerprint density at radius 1 is 1.05 bits per heavy atom. The number of hydrogen-bond acceptors (Lipinski definition) is 3. The first-order valence-corrected chi connectivity index (χ1v) is 7.66. The zero-order valence-corrected chi connectivity index (χ0v) is 13.8. The van der Waals surface area contributed by atoms with Crippen LogP contribution in [0.1, 0.15) is 30.5 Å². The summed E-state index contributed by atoms with van der Waals surface area (Å²) >= 11 is 0. The Morgan fingerprint density at radius 3 is 2.20 bits per heavy atom. The molecule has 0 heterocycles. The molecule has 0 radical (unpaired) electrons. The topological polar surface area (TPSA) is 18.5 Å². The number of likely N-dealkylation sites (N-methyl/N-ethyl adjacent to an activating group) is 2. The molecular formula is C17H31N3. The van der Waals surface area contributed by atoms with E-state index in [4.69, 9.17) is 0 Å². The molecule has 3 nitrogen and oxygen atoms in total. The van der Waals surface area contributed by atoms with E-state index in [9.17, 15) is 0 Å². The van der Waals surface area contributed by atoms with Crippen LogP contribution in [-0.4, -0.2) is 57.6 Å². The van der Waals surface area contributed by atoms with E-state index in [1.54, 1.807) is 0 Å². The van der Waals surface area contributed by atoms with Gasteiger partial charge < -0.3 is 15.1 Å². The Labute approximate surface area is 125 Å². The van der Waals surface area contributed by atoms with Crippen molar-refractivity contribution in [3.8, 4) is 0 Å². The van der Waals surface area contributed by atoms with Crippen molar-refractivity contribution < 1.29 is 0 Å². The molecule has 3 heteroatoms. The number of rotatable bonds is 9. The van der Waals surface area contributed by atoms with Gasteiger partial charge in [0.05, 0.1) is 0 Å². The Kier molecular flexibility index (Phi) is 7.82. The summed E-state index contributed by atoms with van der Waals surface area (Å²) in [4.78, 5) is 4.66. The normalized spacial score (nSPS) is 13.2. The molecule has 1 atom stereocenters. The van der Waals surface area contributed by atoms with Crippen LogP contribution in [0, 0.1) is 0 Å². The quantitative estimate of drug-likeness (QED) is 0.748. The molecule has 114 valence electrons. The summed E-state index contributed by atoms with van der Waals surface area (Å²) in [5, 5.41) is 3.43. The van der Waals surface area contributed by atoms with Gasteiger partial charge >= 0.3 is 0 Å². The van der Waals surface area contributed by atoms with Gasteiger partial charge in [0.1, 0.15) is 0 Å². The lowest BCUT2D eigenvalue weighted by Crippen LogP contribution is -2.32. The first kappa shape index (κ1) is 17.2. The molecule has 0 spiro atoms. The lowest BCUT2D eigenvalue weighted by Gasteiger charge is -2.25. The summed E-state index contributed by atoms with van der Waals surface area (Å²) in [6.45, 7) is 5.54. The Morgan fingerprint density at radius 2 is 1.70 bits per heavy atom. The van der Waals surface area contributed by atoms with Crippen molar-refractivity contribution in [3.05, 3.63) is 35.4 Å². The summed E-state index contributed by atoms with van der Waals surface area (Å²) in [5.41, 5.74) is 2.78. The molecule has 1 aromatic rings. The molecule has 1 N–H and O–H groups in total. The SMILES string of the molecule is CCc1ccc(C(CN(C)CCCN(C)C)NC)cc1. The number of nitrogens with one attached hydrogen (secondary N) is 1. The number of benzene rings is 1. The smallest absolute Gasteiger partial charge is 0.0446 e. The zero-order chi connectivity index (χ0) is 15.0. The van der Waals surface area contributed by atoms with E-state index in [-0.39, 0.29) is 0 Å². The van der Waals surface area contributed by atoms with E-state index >= 15 is 0 Å². The summed E-state index contributed by atoms with van der Waals surface area (Å²) in [6.07, 6.45) is 2.32. The number of nitrogens with zero attached hydrogens (tertiary/aromatic N) is 2. The van der Waals surface area contributed by atoms with Crippen molar-refractivity contribution in [2.24, 2.45) is 0 Å². The van der Waals surface area contributed by atoms with Crippen molar-refractivity contribution in [1.82, 2.24) is 15.1 Å². The molecule has 0 saturated heterocycles. The van der Waals surface area contributed by atoms with E-state index in [0.717, 1.165) is 26.1 Å². The van der Waals surface area contributed by atoms with Crippen LogP contribution in [0.4, 0.5) is 0 Å². The zero-order valence-electron chi connectivity index (χ0n) is 13.8. The van der Waals surface area contributed by atoms with Gasteiger partial charge in [-0.2, -0.15) is 0 Å². The fraction of sp³-hybridized carbons (Fsp3) is 0.647. The molecule has 20 heavy (non-hydrogen) atoms. The number of aryl methyl sites for hydroxylation is 1. The molecule has 0 bridgehead atoms. The van der Waals surface area contributed by atoms with Crippen molar-refractivity contribution in [2.75, 3.05) is 47.8 Å². The molecule has 1 rings (SSSR count). The molecule has 0 aliphatic carbocycles. The van der Waals surface area contributed by atoms with Gasteiger partial charge in [-0.3, -0.25) is 0 Å². The largest absolute Gasteiger partial charge is 0.312 e. The van der Waals surface area contributed by atoms with Crippen LogP contribution in [0.2, 0.25) is 0 Å². The second kappa shape index (κ2) is 9.11. The molecule has 0 amide bonds. The fourth-order valence-electron chi connectivity index (χ4n) is 2.41. The maximum atomic E-state index is 3.43. The summed E-state index contributed by atoms with van der Waals surface area (Å²) in [6, 6.07) is 9.41. The Bertz CT molecular complexity index is 359. The van der Waals surface area contributed by atoms with E-state index in [1.807, 2.05) is 7.05 Å². The predicted molar refractivity (Wildman–Crippen MR) is 88.3 cm³/mol. The van der Waals surface area contributed by atoms with Gasteiger partial charge in [0.25, 0.3) is 0 Å². The average molecular weight is 277 g/mol. The van der Waals surface area contributed by atoms with Crippen molar-refractivity contribution in [1.29, 1.82) is 0 Å². The first-order chi connectivity index (χ1) is 9.56. The minimum atomic E-state index is 0.408. The van der Waals surface area contributed by atoms with Crippen molar-refractivity contribution in [2.45, 2.75) is 25.8 Å². The lowest BCUT2D eigenvalue weighted by atomic mass is 10.0. The van der Waals surface area contributed by atoms with Crippen LogP contribution in [-0.2, 0) is 6.42 Å². The highest BCUT2D eigenvalue weighted by Crippen LogP contribution is 2.15. The molecule has 0 saturated carbocycles. The van der Waals surface area contributed by atoms with Gasteiger partial charge in [0, 0.05) is 12.6 Å². The third kappa shape index (κ3) is 6.04. The Balaban J connectivity index is 2.48. The van der Waals surface area contributed by atoms with Gasteiger partial charge in [0.15, 0.2) is 0 Å². The maximum Gasteiger partial charge on any atom is 0.0446 e. The second-order valence-corrected chi connectivity index (χ2v) is 5.86. The highest BCUT2D eigenvalue weighted by atomic mass is 15.1. The third-order valence-electron chi connectivity index (χ3n) is 3.78. The molecule has 1 aromatic carbocycles. The average Bonchev–Trinajstić information content (AvgIpc) is 2.44. The van der Waals surface area contributed by atoms with Gasteiger partial charge in [-0.05, 0) is 65.2 Å². The third-order valence-corrected chi connectivity index (χ3v) is 3.78. The second-order valence-electron chi connectivity index (χ2n) is 5.86. The molecule has 0 fully saturated rings. The van der Waals surface area contributed by atoms with Crippen LogP contribution in [0.3, 0.4) is 0 Å². The van der Waals surface area contributed by atoms with Gasteiger partial charge in [-0.1, -0.05) is 31.2 Å². The molecule has 0 aromatic heterocycles. The van der Waals surface area contributed by atoms with Crippen molar-refractivity contribution >= 4 is 0 Å². The highest BCUT2D eigenvalue weighted by molar-refractivity contribution is 5.25. The van der Waals surface area contributed by atoms with Crippen molar-refractivity contribution in [3.63, 3.8) is 0 Å². The van der Waals surface area contributed by atoms with Gasteiger partial charge in [0.2, 0.25) is 0 Å². The van der Waals surface area contributed by atoms with Gasteiger partial charge in [-0.25, -0.2) is 0 Å². The minimum absolute atomic E-state index is 0.408. The van der Waals surface area contributed by atoms with Crippen LogP contribution in [0.15, 0.2) is 24.3 Å². The van der Waals surface area contributed by atoms with E-state index in [1.165, 1.54) is 17.5 Å². The summed E-state index contributed by atoms with van der Waals surface area (Å²) in [5.74, 6) is 0. The summed E-state index contributed by atoms with van der Waals surface area (Å²) in [7, 11) is 8.52. The first-order valence-electron chi connectivity index (χ1n) is 7.66. The summed E-state index contributed by atoms with van der Waals surface area (Å²) < 4.78 is 0. The monoisotopic (exact) mass is 277 g/mol. The van der Waals surface area contributed by atoms with Crippen LogP contribution in [0.25, 0.3) is 0 Å². The van der Waals surface area contributed by atoms with Crippen LogP contribution < -0.4 is 5.32 Å². The van der Waals surface area contributed by atoms with Crippen LogP contribution >= 0.6 is 0 Å². The number of hydrogen-bond donors (Lipinski definition) is 1. The van der Waals surface area contributed by atoms with Gasteiger partial charge in [-0.15, -0.1) is 0 Å². The lowest BCUT2D eigenvalue weighted by molar-refractivity contribution is 0.275. The molecular weight excluding hydrogens is 246 g/mol.